The zero-order valence-corrected chi connectivity index (χ0v) is 8.11. The molecule has 0 aromatic rings. The summed E-state index contributed by atoms with van der Waals surface area (Å²) in [4.78, 5) is 14.3. The van der Waals surface area contributed by atoms with Crippen molar-refractivity contribution < 1.29 is 22.8 Å². The van der Waals surface area contributed by atoms with Crippen molar-refractivity contribution in [1.29, 1.82) is 0 Å². The van der Waals surface area contributed by atoms with E-state index in [0.717, 1.165) is 5.06 Å². The summed E-state index contributed by atoms with van der Waals surface area (Å²) in [5, 5.41) is 3.80. The van der Waals surface area contributed by atoms with Crippen LogP contribution in [0.15, 0.2) is 0 Å². The molecule has 0 aromatic carbocycles. The summed E-state index contributed by atoms with van der Waals surface area (Å²) in [7, 11) is 1.69. The molecule has 14 heavy (non-hydrogen) atoms. The number of hydrogen-bond donors (Lipinski definition) is 1. The maximum absolute atomic E-state index is 11.6. The van der Waals surface area contributed by atoms with Crippen molar-refractivity contribution in [3.8, 4) is 0 Å². The summed E-state index contributed by atoms with van der Waals surface area (Å²) < 4.78 is 34.9. The van der Waals surface area contributed by atoms with Crippen molar-refractivity contribution in [2.75, 3.05) is 20.1 Å². The predicted octanol–water partition coefficient (Wildman–Crippen LogP) is 0.332. The van der Waals surface area contributed by atoms with Crippen molar-refractivity contribution in [2.45, 2.75) is 12.2 Å². The van der Waals surface area contributed by atoms with Crippen molar-refractivity contribution in [3.05, 3.63) is 0 Å². The van der Waals surface area contributed by atoms with E-state index in [2.05, 4.69) is 10.2 Å². The summed E-state index contributed by atoms with van der Waals surface area (Å²) in [6.07, 6.45) is -4.91. The molecule has 8 heteroatoms. The molecule has 0 unspecified atom stereocenters. The number of rotatable bonds is 2. The van der Waals surface area contributed by atoms with Crippen LogP contribution in [0.25, 0.3) is 0 Å². The second-order valence-electron chi connectivity index (χ2n) is 2.71. The maximum atomic E-state index is 11.6. The number of carbonyl (C=O) groups excluding carboxylic acids is 1. The Morgan fingerprint density at radius 2 is 2.00 bits per heavy atom. The molecule has 1 aliphatic heterocycles. The molecule has 1 saturated heterocycles. The average Bonchev–Trinajstić information content (AvgIpc) is 1.93. The monoisotopic (exact) mass is 234 g/mol. The zero-order valence-electron chi connectivity index (χ0n) is 7.30. The fourth-order valence-corrected chi connectivity index (χ4v) is 0.864. The molecule has 4 nitrogen and oxygen atoms in total. The molecule has 0 amide bonds. The van der Waals surface area contributed by atoms with E-state index in [9.17, 15) is 18.0 Å². The molecule has 1 rings (SSSR count). The summed E-state index contributed by atoms with van der Waals surface area (Å²) in [6, 6.07) is 0.0982. The van der Waals surface area contributed by atoms with Gasteiger partial charge in [-0.15, -0.1) is 17.5 Å². The first-order chi connectivity index (χ1) is 5.93. The van der Waals surface area contributed by atoms with Crippen LogP contribution in [-0.4, -0.2) is 43.4 Å². The van der Waals surface area contributed by atoms with Gasteiger partial charge in [0, 0.05) is 6.04 Å². The lowest BCUT2D eigenvalue weighted by Crippen LogP contribution is -2.57. The van der Waals surface area contributed by atoms with E-state index in [0.29, 0.717) is 13.1 Å². The summed E-state index contributed by atoms with van der Waals surface area (Å²) in [5.41, 5.74) is 0. The lowest BCUT2D eigenvalue weighted by atomic mass is 10.2. The van der Waals surface area contributed by atoms with Gasteiger partial charge in [-0.1, -0.05) is 0 Å². The molecule has 1 fully saturated rings. The molecule has 0 radical (unpaired) electrons. The Kier molecular flexibility index (Phi) is 4.63. The lowest BCUT2D eigenvalue weighted by Gasteiger charge is -2.36. The fourth-order valence-electron chi connectivity index (χ4n) is 0.864. The second-order valence-corrected chi connectivity index (χ2v) is 2.71. The van der Waals surface area contributed by atoms with Gasteiger partial charge < -0.3 is 10.2 Å². The van der Waals surface area contributed by atoms with Crippen LogP contribution < -0.4 is 5.32 Å². The minimum absolute atomic E-state index is 0. The third-order valence-electron chi connectivity index (χ3n) is 1.70. The molecule has 0 saturated carbocycles. The molecular formula is C6H10ClF3N2O2. The van der Waals surface area contributed by atoms with Crippen molar-refractivity contribution >= 4 is 18.4 Å². The van der Waals surface area contributed by atoms with E-state index in [-0.39, 0.29) is 18.4 Å². The third kappa shape index (κ3) is 3.32. The molecule has 0 aromatic heterocycles. The van der Waals surface area contributed by atoms with Gasteiger partial charge in [-0.25, -0.2) is 4.79 Å². The highest BCUT2D eigenvalue weighted by atomic mass is 35.5. The largest absolute Gasteiger partial charge is 0.492 e. The Morgan fingerprint density at radius 1 is 1.50 bits per heavy atom. The molecule has 0 atom stereocenters. The van der Waals surface area contributed by atoms with Gasteiger partial charge >= 0.3 is 12.1 Å². The van der Waals surface area contributed by atoms with Crippen molar-refractivity contribution in [2.24, 2.45) is 0 Å². The molecule has 0 bridgehead atoms. The number of alkyl halides is 3. The summed E-state index contributed by atoms with van der Waals surface area (Å²) in [6.45, 7) is 0.580. The fraction of sp³-hybridized carbons (Fsp3) is 0.833. The summed E-state index contributed by atoms with van der Waals surface area (Å²) in [5.74, 6) is -2.16. The van der Waals surface area contributed by atoms with Gasteiger partial charge in [0.05, 0.1) is 13.1 Å². The molecule has 0 spiro atoms. The average molecular weight is 235 g/mol. The highest BCUT2D eigenvalue weighted by molar-refractivity contribution is 5.85. The standard InChI is InChI=1S/C6H9F3N2O2.ClH/c1-10-4-2-11(3-4)13-5(12)6(7,8)9;/h4,10H,2-3H2,1H3;1H. The first-order valence-corrected chi connectivity index (χ1v) is 3.65. The third-order valence-corrected chi connectivity index (χ3v) is 1.70. The van der Waals surface area contributed by atoms with Crippen LogP contribution in [0, 0.1) is 0 Å². The molecule has 84 valence electrons. The lowest BCUT2D eigenvalue weighted by molar-refractivity contribution is -0.253. The molecule has 1 N–H and O–H groups in total. The molecule has 1 heterocycles. The quantitative estimate of drug-likeness (QED) is 0.748. The van der Waals surface area contributed by atoms with Gasteiger partial charge in [0.15, 0.2) is 0 Å². The highest BCUT2D eigenvalue weighted by Gasteiger charge is 2.44. The van der Waals surface area contributed by atoms with E-state index >= 15 is 0 Å². The number of hydroxylamine groups is 2. The minimum atomic E-state index is -4.91. The van der Waals surface area contributed by atoms with Crippen LogP contribution in [0.3, 0.4) is 0 Å². The number of carbonyl (C=O) groups is 1. The maximum Gasteiger partial charge on any atom is 0.492 e. The van der Waals surface area contributed by atoms with Crippen molar-refractivity contribution in [1.82, 2.24) is 10.4 Å². The Hall–Kier alpha value is -0.530. The number of likely N-dealkylation sites (N-methyl/N-ethyl adjacent to an activating group) is 1. The van der Waals surface area contributed by atoms with E-state index in [1.807, 2.05) is 0 Å². The summed E-state index contributed by atoms with van der Waals surface area (Å²) >= 11 is 0. The second kappa shape index (κ2) is 4.81. The van der Waals surface area contributed by atoms with Gasteiger partial charge in [-0.05, 0) is 7.05 Å². The topological polar surface area (TPSA) is 41.6 Å². The van der Waals surface area contributed by atoms with Crippen LogP contribution in [0.2, 0.25) is 0 Å². The van der Waals surface area contributed by atoms with Gasteiger partial charge in [0.2, 0.25) is 0 Å². The van der Waals surface area contributed by atoms with Gasteiger partial charge in [0.1, 0.15) is 0 Å². The molecule has 1 aliphatic rings. The van der Waals surface area contributed by atoms with Crippen LogP contribution in [0.1, 0.15) is 0 Å². The van der Waals surface area contributed by atoms with E-state index < -0.39 is 12.1 Å². The van der Waals surface area contributed by atoms with Gasteiger partial charge in [-0.2, -0.15) is 13.2 Å². The number of nitrogens with one attached hydrogen (secondary N) is 1. The molecule has 0 aliphatic carbocycles. The van der Waals surface area contributed by atoms with Gasteiger partial charge in [-0.3, -0.25) is 0 Å². The smallest absolute Gasteiger partial charge is 0.361 e. The number of hydrogen-bond acceptors (Lipinski definition) is 4. The zero-order chi connectivity index (χ0) is 10.1. The number of halogens is 4. The van der Waals surface area contributed by atoms with Crippen LogP contribution in [0.5, 0.6) is 0 Å². The Labute approximate surface area is 84.7 Å². The minimum Gasteiger partial charge on any atom is -0.361 e. The first kappa shape index (κ1) is 13.5. The van der Waals surface area contributed by atoms with E-state index in [1.165, 1.54) is 0 Å². The van der Waals surface area contributed by atoms with Crippen LogP contribution in [0.4, 0.5) is 13.2 Å². The Balaban J connectivity index is 0.00000169. The van der Waals surface area contributed by atoms with Gasteiger partial charge in [0.25, 0.3) is 0 Å². The highest BCUT2D eigenvalue weighted by Crippen LogP contribution is 2.19. The Bertz CT molecular complexity index is 206. The number of nitrogens with zero attached hydrogens (tertiary/aromatic N) is 1. The normalized spacial score (nSPS) is 18.3. The predicted molar refractivity (Wildman–Crippen MR) is 43.8 cm³/mol. The van der Waals surface area contributed by atoms with Crippen LogP contribution in [-0.2, 0) is 9.63 Å². The van der Waals surface area contributed by atoms with Crippen LogP contribution >= 0.6 is 12.4 Å². The van der Waals surface area contributed by atoms with Crippen molar-refractivity contribution in [3.63, 3.8) is 0 Å². The molecular weight excluding hydrogens is 225 g/mol. The SMILES string of the molecule is CNC1CN(OC(=O)C(F)(F)F)C1.Cl. The first-order valence-electron chi connectivity index (χ1n) is 3.65. The van der Waals surface area contributed by atoms with E-state index in [4.69, 9.17) is 0 Å². The van der Waals surface area contributed by atoms with E-state index in [1.54, 1.807) is 7.05 Å². The Morgan fingerprint density at radius 3 is 2.36 bits per heavy atom.